The zero-order valence-corrected chi connectivity index (χ0v) is 36.2. The molecule has 16 nitrogen and oxygen atoms in total. The number of sulfonamides is 1. The van der Waals surface area contributed by atoms with Crippen LogP contribution in [-0.4, -0.2) is 94.9 Å². The van der Waals surface area contributed by atoms with Gasteiger partial charge in [-0.05, 0) is 142 Å². The smallest absolute Gasteiger partial charge is 0.407 e. The second-order valence-electron chi connectivity index (χ2n) is 16.7. The number of carbonyl (C=O) groups is 4. The Hall–Kier alpha value is -5.52. The van der Waals surface area contributed by atoms with E-state index < -0.39 is 39.8 Å². The van der Waals surface area contributed by atoms with Crippen LogP contribution in [0.3, 0.4) is 0 Å². The summed E-state index contributed by atoms with van der Waals surface area (Å²) in [6.07, 6.45) is 2.13. The Balaban J connectivity index is 1.14. The normalized spacial score (nSPS) is 17.9. The average molecular weight is 877 g/mol. The number of hydrogen-bond donors (Lipinski definition) is 6. The molecule has 61 heavy (non-hydrogen) atoms. The molecule has 2 aliphatic rings. The fourth-order valence-electron chi connectivity index (χ4n) is 7.68. The third-order valence-electron chi connectivity index (χ3n) is 10.9. The second kappa shape index (κ2) is 19.5. The van der Waals surface area contributed by atoms with E-state index in [1.165, 1.54) is 4.90 Å². The van der Waals surface area contributed by atoms with Gasteiger partial charge in [0.25, 0.3) is 0 Å². The van der Waals surface area contributed by atoms with Crippen molar-refractivity contribution >= 4 is 51.3 Å². The number of ether oxygens (including phenoxy) is 1. The van der Waals surface area contributed by atoms with Crippen LogP contribution < -0.4 is 20.7 Å². The molecule has 6 N–H and O–H groups in total. The summed E-state index contributed by atoms with van der Waals surface area (Å²) in [6, 6.07) is 18.1. The van der Waals surface area contributed by atoms with Crippen molar-refractivity contribution in [2.24, 2.45) is 11.8 Å². The first-order chi connectivity index (χ1) is 28.9. The van der Waals surface area contributed by atoms with Crippen molar-refractivity contribution in [1.29, 1.82) is 0 Å². The number of benzene rings is 3. The zero-order valence-electron chi connectivity index (χ0n) is 34.7. The minimum absolute atomic E-state index is 0.107. The summed E-state index contributed by atoms with van der Waals surface area (Å²) in [6.45, 7) is 8.22. The highest BCUT2D eigenvalue weighted by molar-refractivity contribution is 7.89. The summed E-state index contributed by atoms with van der Waals surface area (Å²) >= 11 is 5.90. The number of aryl methyl sites for hydroxylation is 1. The van der Waals surface area contributed by atoms with Crippen LogP contribution in [0.1, 0.15) is 70.4 Å². The minimum Gasteiger partial charge on any atom is -0.465 e. The van der Waals surface area contributed by atoms with Crippen LogP contribution >= 0.6 is 11.6 Å². The lowest BCUT2D eigenvalue weighted by molar-refractivity contribution is -0.130. The number of halogens is 1. The summed E-state index contributed by atoms with van der Waals surface area (Å²) < 4.78 is 34.8. The summed E-state index contributed by atoms with van der Waals surface area (Å²) in [4.78, 5) is 56.8. The van der Waals surface area contributed by atoms with E-state index in [4.69, 9.17) is 16.3 Å². The van der Waals surface area contributed by atoms with Gasteiger partial charge < -0.3 is 30.7 Å². The predicted molar refractivity (Wildman–Crippen MR) is 230 cm³/mol. The number of rotatable bonds is 13. The molecule has 18 heteroatoms. The number of aromatic nitrogens is 3. The topological polar surface area (TPSA) is 225 Å². The maximum absolute atomic E-state index is 14.0. The van der Waals surface area contributed by atoms with E-state index in [1.807, 2.05) is 52.0 Å². The lowest BCUT2D eigenvalue weighted by Gasteiger charge is -2.30. The van der Waals surface area contributed by atoms with E-state index in [0.29, 0.717) is 49.3 Å². The molecule has 1 saturated carbocycles. The lowest BCUT2D eigenvalue weighted by atomic mass is 9.81. The highest BCUT2D eigenvalue weighted by Gasteiger charge is 2.31. The van der Waals surface area contributed by atoms with Gasteiger partial charge in [-0.1, -0.05) is 30.3 Å². The molecule has 4 amide bonds. The van der Waals surface area contributed by atoms with E-state index in [-0.39, 0.29) is 53.5 Å². The van der Waals surface area contributed by atoms with Gasteiger partial charge in [0.15, 0.2) is 5.82 Å². The van der Waals surface area contributed by atoms with Gasteiger partial charge in [0.2, 0.25) is 27.1 Å². The first kappa shape index (κ1) is 45.0. The minimum atomic E-state index is -3.87. The Morgan fingerprint density at radius 1 is 0.951 bits per heavy atom. The van der Waals surface area contributed by atoms with Crippen LogP contribution in [-0.2, 0) is 30.8 Å². The molecule has 2 fully saturated rings. The van der Waals surface area contributed by atoms with E-state index in [9.17, 15) is 32.7 Å². The second-order valence-corrected chi connectivity index (χ2v) is 18.8. The van der Waals surface area contributed by atoms with Gasteiger partial charge in [-0.15, -0.1) is 0 Å². The van der Waals surface area contributed by atoms with Crippen molar-refractivity contribution in [3.05, 3.63) is 83.1 Å². The van der Waals surface area contributed by atoms with Crippen LogP contribution in [0, 0.1) is 18.8 Å². The standard InChI is InChI=1S/C43H53ClN8O8S/c1-26-22-34(61(58,59)51-33-18-20-52(21-19-33)42(56)57)16-17-35(26)31-7-5-6-28(23-31)24-36(39(54)46-32-14-12-29(13-15-32)37-48-40(44)50-49-37)47-38(53)30-10-8-27(9-11-30)25-45-41(55)60-43(2,3)4/h5-7,12-17,22-23,27,30,33,36,51H,8-11,18-21,24-25H2,1-4H3,(H,45,55)(H,46,54)(H,47,53)(H,56,57)(H,48,49,50)/t27?,30?,36-/m0/s1. The maximum Gasteiger partial charge on any atom is 0.407 e. The van der Waals surface area contributed by atoms with Gasteiger partial charge in [0.1, 0.15) is 11.6 Å². The fraction of sp³-hybridized carbons (Fsp3) is 0.442. The highest BCUT2D eigenvalue weighted by Crippen LogP contribution is 2.30. The van der Waals surface area contributed by atoms with Crippen molar-refractivity contribution in [2.75, 3.05) is 25.0 Å². The number of aromatic amines is 1. The van der Waals surface area contributed by atoms with Crippen molar-refractivity contribution in [1.82, 2.24) is 35.4 Å². The molecular formula is C43H53ClN8O8S. The third-order valence-corrected chi connectivity index (χ3v) is 12.6. The maximum atomic E-state index is 14.0. The molecule has 2 heterocycles. The van der Waals surface area contributed by atoms with Gasteiger partial charge >= 0.3 is 12.2 Å². The highest BCUT2D eigenvalue weighted by atomic mass is 35.5. The molecule has 326 valence electrons. The quantitative estimate of drug-likeness (QED) is 0.0853. The molecule has 1 aromatic heterocycles. The number of nitrogens with zero attached hydrogens (tertiary/aromatic N) is 3. The Bertz CT molecular complexity index is 2320. The number of carbonyl (C=O) groups excluding carboxylic acids is 3. The molecule has 1 atom stereocenters. The van der Waals surface area contributed by atoms with Crippen molar-refractivity contribution < 1.29 is 37.4 Å². The number of likely N-dealkylation sites (tertiary alicyclic amines) is 1. The van der Waals surface area contributed by atoms with E-state index >= 15 is 0 Å². The largest absolute Gasteiger partial charge is 0.465 e. The number of hydrogen-bond acceptors (Lipinski definition) is 9. The molecule has 1 saturated heterocycles. The molecule has 0 spiro atoms. The lowest BCUT2D eigenvalue weighted by Crippen LogP contribution is -2.48. The Morgan fingerprint density at radius 2 is 1.66 bits per heavy atom. The van der Waals surface area contributed by atoms with Gasteiger partial charge in [-0.25, -0.2) is 27.8 Å². The molecule has 6 rings (SSSR count). The van der Waals surface area contributed by atoms with E-state index in [2.05, 4.69) is 35.9 Å². The van der Waals surface area contributed by atoms with Crippen molar-refractivity contribution in [3.8, 4) is 22.5 Å². The molecular weight excluding hydrogens is 824 g/mol. The summed E-state index contributed by atoms with van der Waals surface area (Å²) in [5, 5.41) is 24.9. The fourth-order valence-corrected chi connectivity index (χ4v) is 9.19. The Morgan fingerprint density at radius 3 is 2.28 bits per heavy atom. The molecule has 3 aromatic carbocycles. The average Bonchev–Trinajstić information content (AvgIpc) is 3.65. The molecule has 0 unspecified atom stereocenters. The first-order valence-corrected chi connectivity index (χ1v) is 22.2. The number of piperidine rings is 1. The molecule has 4 aromatic rings. The summed E-state index contributed by atoms with van der Waals surface area (Å²) in [7, 11) is -3.87. The molecule has 1 aliphatic heterocycles. The van der Waals surface area contributed by atoms with Crippen molar-refractivity contribution in [2.45, 2.75) is 95.2 Å². The van der Waals surface area contributed by atoms with Gasteiger partial charge in [-0.2, -0.15) is 10.1 Å². The Labute approximate surface area is 360 Å². The molecule has 1 aliphatic carbocycles. The predicted octanol–water partition coefficient (Wildman–Crippen LogP) is 6.52. The van der Waals surface area contributed by atoms with Crippen molar-refractivity contribution in [3.63, 3.8) is 0 Å². The molecule has 0 bridgehead atoms. The van der Waals surface area contributed by atoms with Crippen LogP contribution in [0.5, 0.6) is 0 Å². The number of nitrogens with one attached hydrogen (secondary N) is 5. The van der Waals surface area contributed by atoms with E-state index in [1.54, 1.807) is 42.5 Å². The van der Waals surface area contributed by atoms with Crippen LogP contribution in [0.15, 0.2) is 71.6 Å². The Kier molecular flexibility index (Phi) is 14.4. The summed E-state index contributed by atoms with van der Waals surface area (Å²) in [5.74, 6) is -0.334. The molecule has 0 radical (unpaired) electrons. The summed E-state index contributed by atoms with van der Waals surface area (Å²) in [5.41, 5.74) is 3.70. The van der Waals surface area contributed by atoms with Crippen LogP contribution in [0.4, 0.5) is 15.3 Å². The number of alkyl carbamates (subject to hydrolysis) is 1. The van der Waals surface area contributed by atoms with E-state index in [0.717, 1.165) is 35.1 Å². The SMILES string of the molecule is Cc1cc(S(=O)(=O)NC2CCN(C(=O)O)CC2)ccc1-c1cccc(C[C@H](NC(=O)C2CCC(CNC(=O)OC(C)(C)C)CC2)C(=O)Nc2ccc(-c3n[nH]c(Cl)n3)cc2)c1. The number of amides is 4. The third kappa shape index (κ3) is 12.5. The first-order valence-electron chi connectivity index (χ1n) is 20.4. The number of anilines is 1. The van der Waals surface area contributed by atoms with Crippen LogP contribution in [0.2, 0.25) is 5.28 Å². The number of carboxylic acid groups (broad SMARTS) is 1. The van der Waals surface area contributed by atoms with Gasteiger partial charge in [0, 0.05) is 49.3 Å². The van der Waals surface area contributed by atoms with Crippen LogP contribution in [0.25, 0.3) is 22.5 Å². The van der Waals surface area contributed by atoms with Gasteiger partial charge in [-0.3, -0.25) is 9.59 Å². The monoisotopic (exact) mass is 876 g/mol. The van der Waals surface area contributed by atoms with Gasteiger partial charge in [0.05, 0.1) is 4.90 Å². The number of H-pyrrole nitrogens is 1. The zero-order chi connectivity index (χ0) is 43.9.